The number of rotatable bonds is 5. The number of alkyl carbamates (subject to hydrolysis) is 1. The first-order valence-corrected chi connectivity index (χ1v) is 6.57. The number of hydrogen-bond acceptors (Lipinski definition) is 4. The third-order valence-electron chi connectivity index (χ3n) is 2.92. The molecular formula is C13H24N2O3. The first kappa shape index (κ1) is 15.0. The zero-order chi connectivity index (χ0) is 13.6. The molecule has 1 saturated carbocycles. The van der Waals surface area contributed by atoms with Gasteiger partial charge in [-0.25, -0.2) is 4.79 Å². The van der Waals surface area contributed by atoms with Gasteiger partial charge in [-0.3, -0.25) is 5.32 Å². The van der Waals surface area contributed by atoms with Crippen LogP contribution < -0.4 is 10.6 Å². The Bertz CT molecular complexity index is 291. The largest absolute Gasteiger partial charge is 0.444 e. The van der Waals surface area contributed by atoms with Crippen LogP contribution in [0.15, 0.2) is 0 Å². The minimum Gasteiger partial charge on any atom is -0.444 e. The molecule has 0 radical (unpaired) electrons. The van der Waals surface area contributed by atoms with Crippen LogP contribution in [0.3, 0.4) is 0 Å². The summed E-state index contributed by atoms with van der Waals surface area (Å²) in [6, 6.07) is 0. The molecule has 0 aromatic carbocycles. The normalized spacial score (nSPS) is 18.4. The Hall–Kier alpha value is -1.10. The van der Waals surface area contributed by atoms with E-state index in [0.29, 0.717) is 13.0 Å². The second-order valence-electron chi connectivity index (χ2n) is 5.80. The molecule has 0 bridgehead atoms. The highest BCUT2D eigenvalue weighted by Gasteiger charge is 2.35. The van der Waals surface area contributed by atoms with Gasteiger partial charge in [0, 0.05) is 13.0 Å². The van der Waals surface area contributed by atoms with E-state index in [1.165, 1.54) is 0 Å². The third-order valence-corrected chi connectivity index (χ3v) is 2.92. The van der Waals surface area contributed by atoms with E-state index in [1.54, 1.807) is 0 Å². The second-order valence-corrected chi connectivity index (χ2v) is 5.80. The van der Waals surface area contributed by atoms with Gasteiger partial charge in [0.15, 0.2) is 0 Å². The Morgan fingerprint density at radius 1 is 1.33 bits per heavy atom. The molecule has 18 heavy (non-hydrogen) atoms. The molecule has 0 unspecified atom stereocenters. The fraction of sp³-hybridized carbons (Fsp3) is 0.846. The molecule has 0 aromatic rings. The summed E-state index contributed by atoms with van der Waals surface area (Å²) in [5.74, 6) is 0. The zero-order valence-electron chi connectivity index (χ0n) is 11.5. The highest BCUT2D eigenvalue weighted by atomic mass is 16.6. The number of ether oxygens (including phenoxy) is 1. The second kappa shape index (κ2) is 6.18. The molecule has 5 heteroatoms. The van der Waals surface area contributed by atoms with Crippen LogP contribution in [0, 0.1) is 0 Å². The van der Waals surface area contributed by atoms with Gasteiger partial charge in [-0.05, 0) is 46.5 Å². The lowest BCUT2D eigenvalue weighted by molar-refractivity contribution is -0.107. The van der Waals surface area contributed by atoms with Gasteiger partial charge in [-0.1, -0.05) is 0 Å². The van der Waals surface area contributed by atoms with Crippen molar-refractivity contribution in [2.24, 2.45) is 0 Å². The molecule has 1 amide bonds. The lowest BCUT2D eigenvalue weighted by Gasteiger charge is -2.32. The first-order valence-electron chi connectivity index (χ1n) is 6.57. The fourth-order valence-corrected chi connectivity index (χ4v) is 2.19. The van der Waals surface area contributed by atoms with E-state index in [1.807, 2.05) is 20.8 Å². The Morgan fingerprint density at radius 2 is 1.94 bits per heavy atom. The molecule has 104 valence electrons. The van der Waals surface area contributed by atoms with Crippen LogP contribution >= 0.6 is 0 Å². The van der Waals surface area contributed by atoms with Crippen molar-refractivity contribution in [2.75, 3.05) is 6.54 Å². The molecule has 1 rings (SSSR count). The summed E-state index contributed by atoms with van der Waals surface area (Å²) in [6.45, 7) is 6.11. The van der Waals surface area contributed by atoms with E-state index in [4.69, 9.17) is 4.74 Å². The summed E-state index contributed by atoms with van der Waals surface area (Å²) in [4.78, 5) is 22.2. The number of carbonyl (C=O) groups excluding carboxylic acids is 2. The lowest BCUT2D eigenvalue weighted by atomic mass is 10.1. The zero-order valence-corrected chi connectivity index (χ0v) is 11.5. The molecule has 2 N–H and O–H groups in total. The van der Waals surface area contributed by atoms with Gasteiger partial charge in [-0.15, -0.1) is 0 Å². The van der Waals surface area contributed by atoms with Crippen molar-refractivity contribution >= 4 is 12.4 Å². The minimum absolute atomic E-state index is 0.397. The van der Waals surface area contributed by atoms with Crippen molar-refractivity contribution in [1.29, 1.82) is 0 Å². The van der Waals surface area contributed by atoms with Gasteiger partial charge in [-0.2, -0.15) is 0 Å². The lowest BCUT2D eigenvalue weighted by Crippen LogP contribution is -2.58. The highest BCUT2D eigenvalue weighted by molar-refractivity contribution is 5.68. The van der Waals surface area contributed by atoms with E-state index in [-0.39, 0.29) is 0 Å². The smallest absolute Gasteiger partial charge is 0.409 e. The van der Waals surface area contributed by atoms with E-state index >= 15 is 0 Å². The van der Waals surface area contributed by atoms with Gasteiger partial charge in [0.05, 0.1) is 5.66 Å². The molecular weight excluding hydrogens is 232 g/mol. The van der Waals surface area contributed by atoms with Crippen LogP contribution in [0.1, 0.15) is 52.9 Å². The molecule has 5 nitrogen and oxygen atoms in total. The number of carbonyl (C=O) groups is 2. The summed E-state index contributed by atoms with van der Waals surface area (Å²) in [5.41, 5.74) is -0.891. The fourth-order valence-electron chi connectivity index (χ4n) is 2.19. The first-order chi connectivity index (χ1) is 8.37. The SMILES string of the molecule is CC(C)(C)OC(=O)NC1(NCCC=O)CCCC1. The Kier molecular flexibility index (Phi) is 5.14. The molecule has 1 aliphatic carbocycles. The van der Waals surface area contributed by atoms with Crippen LogP contribution in [0.4, 0.5) is 4.79 Å². The van der Waals surface area contributed by atoms with Crippen molar-refractivity contribution in [3.63, 3.8) is 0 Å². The Labute approximate surface area is 109 Å². The predicted molar refractivity (Wildman–Crippen MR) is 69.3 cm³/mol. The van der Waals surface area contributed by atoms with Crippen molar-refractivity contribution in [3.8, 4) is 0 Å². The summed E-state index contributed by atoms with van der Waals surface area (Å²) < 4.78 is 5.27. The average molecular weight is 256 g/mol. The molecule has 0 heterocycles. The van der Waals surface area contributed by atoms with Crippen LogP contribution in [0.2, 0.25) is 0 Å². The summed E-state index contributed by atoms with van der Waals surface area (Å²) in [5, 5.41) is 6.19. The van der Waals surface area contributed by atoms with E-state index in [0.717, 1.165) is 32.0 Å². The molecule has 0 spiro atoms. The van der Waals surface area contributed by atoms with Gasteiger partial charge in [0.1, 0.15) is 11.9 Å². The van der Waals surface area contributed by atoms with Crippen molar-refractivity contribution < 1.29 is 14.3 Å². The van der Waals surface area contributed by atoms with E-state index < -0.39 is 17.4 Å². The highest BCUT2D eigenvalue weighted by Crippen LogP contribution is 2.27. The number of nitrogens with one attached hydrogen (secondary N) is 2. The maximum atomic E-state index is 11.8. The van der Waals surface area contributed by atoms with Crippen LogP contribution in [-0.4, -0.2) is 30.2 Å². The standard InChI is InChI=1S/C13H24N2O3/c1-12(2,3)18-11(17)15-13(7-4-5-8-13)14-9-6-10-16/h10,14H,4-9H2,1-3H3,(H,15,17). The molecule has 0 aliphatic heterocycles. The summed E-state index contributed by atoms with van der Waals surface area (Å²) in [6.07, 6.45) is 4.84. The van der Waals surface area contributed by atoms with Gasteiger partial charge >= 0.3 is 6.09 Å². The van der Waals surface area contributed by atoms with Crippen molar-refractivity contribution in [1.82, 2.24) is 10.6 Å². The molecule has 0 aromatic heterocycles. The summed E-state index contributed by atoms with van der Waals surface area (Å²) >= 11 is 0. The van der Waals surface area contributed by atoms with Gasteiger partial charge in [0.2, 0.25) is 0 Å². The van der Waals surface area contributed by atoms with E-state index in [2.05, 4.69) is 10.6 Å². The monoisotopic (exact) mass is 256 g/mol. The number of hydrogen-bond donors (Lipinski definition) is 2. The maximum absolute atomic E-state index is 11.8. The molecule has 1 aliphatic rings. The van der Waals surface area contributed by atoms with Crippen LogP contribution in [-0.2, 0) is 9.53 Å². The molecule has 0 saturated heterocycles. The minimum atomic E-state index is -0.493. The Morgan fingerprint density at radius 3 is 2.44 bits per heavy atom. The van der Waals surface area contributed by atoms with Crippen LogP contribution in [0.5, 0.6) is 0 Å². The van der Waals surface area contributed by atoms with Crippen molar-refractivity contribution in [3.05, 3.63) is 0 Å². The maximum Gasteiger partial charge on any atom is 0.409 e. The molecule has 0 atom stereocenters. The quantitative estimate of drug-likeness (QED) is 0.448. The number of aldehydes is 1. The third kappa shape index (κ3) is 5.04. The predicted octanol–water partition coefficient (Wildman–Crippen LogP) is 1.96. The van der Waals surface area contributed by atoms with Gasteiger partial charge in [0.25, 0.3) is 0 Å². The van der Waals surface area contributed by atoms with Crippen LogP contribution in [0.25, 0.3) is 0 Å². The van der Waals surface area contributed by atoms with Gasteiger partial charge < -0.3 is 14.8 Å². The topological polar surface area (TPSA) is 67.4 Å². The average Bonchev–Trinajstić information content (AvgIpc) is 2.64. The Balaban J connectivity index is 2.51. The van der Waals surface area contributed by atoms with Crippen molar-refractivity contribution in [2.45, 2.75) is 64.1 Å². The summed E-state index contributed by atoms with van der Waals surface area (Å²) in [7, 11) is 0. The number of amides is 1. The van der Waals surface area contributed by atoms with E-state index in [9.17, 15) is 9.59 Å². The molecule has 1 fully saturated rings.